The summed E-state index contributed by atoms with van der Waals surface area (Å²) in [6.07, 6.45) is 0.976. The van der Waals surface area contributed by atoms with Crippen molar-refractivity contribution >= 4 is 17.6 Å². The molecule has 10 heteroatoms. The van der Waals surface area contributed by atoms with E-state index in [1.165, 1.54) is 7.11 Å². The van der Waals surface area contributed by atoms with Crippen LogP contribution in [0, 0.1) is 24.3 Å². The number of piperidine rings is 1. The van der Waals surface area contributed by atoms with Crippen LogP contribution in [0.25, 0.3) is 15.4 Å². The lowest BCUT2D eigenvalue weighted by molar-refractivity contribution is -0.160. The summed E-state index contributed by atoms with van der Waals surface area (Å²) in [6.45, 7) is 8.35. The van der Waals surface area contributed by atoms with E-state index in [-0.39, 0.29) is 30.7 Å². The highest BCUT2D eigenvalue weighted by Crippen LogP contribution is 2.51. The number of rotatable bonds is 5. The Bertz CT molecular complexity index is 1000. The minimum absolute atomic E-state index is 0.0433. The summed E-state index contributed by atoms with van der Waals surface area (Å²) in [7, 11) is 1.31. The summed E-state index contributed by atoms with van der Waals surface area (Å²) < 4.78 is 5.00. The van der Waals surface area contributed by atoms with Crippen LogP contribution in [0.2, 0.25) is 0 Å². The maximum atomic E-state index is 13.5. The fraction of sp³-hybridized carbons (Fsp3) is 0.591. The van der Waals surface area contributed by atoms with E-state index in [2.05, 4.69) is 20.3 Å². The third-order valence-corrected chi connectivity index (χ3v) is 7.49. The van der Waals surface area contributed by atoms with Gasteiger partial charge in [0, 0.05) is 17.1 Å². The van der Waals surface area contributed by atoms with Gasteiger partial charge in [-0.15, -0.1) is 5.01 Å². The number of nitrogens with one attached hydrogen (secondary N) is 1. The van der Waals surface area contributed by atoms with E-state index in [4.69, 9.17) is 16.8 Å². The average molecular weight is 438 g/mol. The molecular formula is C22H26N6O4. The minimum atomic E-state index is -1.11. The van der Waals surface area contributed by atoms with Crippen molar-refractivity contribution in [1.29, 1.82) is 0 Å². The Hall–Kier alpha value is -3.28. The summed E-state index contributed by atoms with van der Waals surface area (Å²) in [4.78, 5) is 32.7. The van der Waals surface area contributed by atoms with Crippen LogP contribution < -0.4 is 5.32 Å². The van der Waals surface area contributed by atoms with E-state index in [1.807, 2.05) is 24.3 Å². The third kappa shape index (κ3) is 3.34. The van der Waals surface area contributed by atoms with Crippen LogP contribution in [0.5, 0.6) is 0 Å². The number of nitrogens with zero attached hydrogens (tertiary/aromatic N) is 5. The van der Waals surface area contributed by atoms with Crippen molar-refractivity contribution in [2.24, 2.45) is 22.9 Å². The van der Waals surface area contributed by atoms with Gasteiger partial charge in [0.2, 0.25) is 5.91 Å². The Balaban J connectivity index is 1.80. The van der Waals surface area contributed by atoms with E-state index in [0.29, 0.717) is 31.5 Å². The van der Waals surface area contributed by atoms with Gasteiger partial charge < -0.3 is 15.2 Å². The summed E-state index contributed by atoms with van der Waals surface area (Å²) in [5.41, 5.74) is 9.16. The second-order valence-electron chi connectivity index (χ2n) is 8.77. The first-order chi connectivity index (χ1) is 15.5. The second-order valence-corrected chi connectivity index (χ2v) is 8.77. The molecule has 2 fully saturated rings. The number of benzene rings is 1. The molecule has 0 bridgehead atoms. The van der Waals surface area contributed by atoms with Crippen molar-refractivity contribution in [2.75, 3.05) is 25.5 Å². The average Bonchev–Trinajstić information content (AvgIpc) is 3.09. The van der Waals surface area contributed by atoms with Gasteiger partial charge in [0.1, 0.15) is 11.5 Å². The van der Waals surface area contributed by atoms with Gasteiger partial charge in [-0.2, -0.15) is 11.5 Å². The Morgan fingerprint density at radius 2 is 2.22 bits per heavy atom. The quantitative estimate of drug-likeness (QED) is 0.240. The van der Waals surface area contributed by atoms with Crippen molar-refractivity contribution in [3.05, 3.63) is 51.8 Å². The molecule has 0 spiro atoms. The summed E-state index contributed by atoms with van der Waals surface area (Å²) in [6, 6.07) is 6.81. The third-order valence-electron chi connectivity index (χ3n) is 7.49. The number of carbonyl (C=O) groups excluding carboxylic acids is 2. The second kappa shape index (κ2) is 8.69. The number of ether oxygens (including phenoxy) is 1. The Morgan fingerprint density at radius 1 is 1.44 bits per heavy atom. The number of esters is 1. The number of methoxy groups -OCH3 is 1. The van der Waals surface area contributed by atoms with Crippen LogP contribution in [0.1, 0.15) is 31.2 Å². The number of aliphatic hydroxyl groups is 1. The molecule has 4 rings (SSSR count). The van der Waals surface area contributed by atoms with Gasteiger partial charge in [-0.3, -0.25) is 9.59 Å². The molecule has 2 heterocycles. The van der Waals surface area contributed by atoms with Crippen molar-refractivity contribution in [2.45, 2.75) is 43.2 Å². The first-order valence-corrected chi connectivity index (χ1v) is 10.8. The molecule has 3 aliphatic rings. The maximum absolute atomic E-state index is 13.5. The molecule has 1 saturated heterocycles. The van der Waals surface area contributed by atoms with Crippen LogP contribution in [-0.2, 0) is 19.7 Å². The van der Waals surface area contributed by atoms with Crippen molar-refractivity contribution in [3.8, 4) is 0 Å². The first kappa shape index (κ1) is 21.9. The molecule has 2 N–H and O–H groups in total. The molecule has 10 nitrogen and oxygen atoms in total. The number of amides is 1. The highest BCUT2D eigenvalue weighted by Gasteiger charge is 2.60. The lowest BCUT2D eigenvalue weighted by atomic mass is 9.60. The molecule has 0 unspecified atom stereocenters. The van der Waals surface area contributed by atoms with Gasteiger partial charge in [0.25, 0.3) is 0 Å². The molecule has 168 valence electrons. The number of aliphatic hydroxyl groups excluding tert-OH is 1. The van der Waals surface area contributed by atoms with Crippen molar-refractivity contribution in [1.82, 2.24) is 5.01 Å². The maximum Gasteiger partial charge on any atom is 0.311 e. The van der Waals surface area contributed by atoms with Gasteiger partial charge in [0.05, 0.1) is 25.7 Å². The summed E-state index contributed by atoms with van der Waals surface area (Å²) >= 11 is 0. The molecule has 32 heavy (non-hydrogen) atoms. The monoisotopic (exact) mass is 438 g/mol. The number of fused-ring (bicyclic) bond motifs is 2. The SMILES string of the molecule is [C-]#[N+]N1C[C@@H]2CC[C@H](O)[C@H](C(=O)OC)[C@H]2C[C@H]1[C@@]1(CCN=[N+]=[N-])C(=O)Nc2ccccc21. The van der Waals surface area contributed by atoms with Crippen LogP contribution in [-0.4, -0.2) is 54.3 Å². The smallest absolute Gasteiger partial charge is 0.311 e. The molecule has 0 aromatic heterocycles. The number of carbonyl (C=O) groups is 2. The number of hydrogen-bond acceptors (Lipinski definition) is 6. The van der Waals surface area contributed by atoms with E-state index in [1.54, 1.807) is 5.01 Å². The zero-order chi connectivity index (χ0) is 22.9. The normalized spacial score (nSPS) is 33.2. The molecular weight excluding hydrogens is 412 g/mol. The molecule has 1 amide bonds. The fourth-order valence-corrected chi connectivity index (χ4v) is 6.06. The highest BCUT2D eigenvalue weighted by atomic mass is 16.5. The lowest BCUT2D eigenvalue weighted by Crippen LogP contribution is -2.60. The summed E-state index contributed by atoms with van der Waals surface area (Å²) in [5.74, 6) is -1.56. The van der Waals surface area contributed by atoms with Gasteiger partial charge >= 0.3 is 5.97 Å². The van der Waals surface area contributed by atoms with Gasteiger partial charge in [-0.1, -0.05) is 23.3 Å². The van der Waals surface area contributed by atoms with Gasteiger partial charge in [-0.25, -0.2) is 0 Å². The van der Waals surface area contributed by atoms with Crippen LogP contribution in [0.4, 0.5) is 5.69 Å². The Labute approximate surface area is 185 Å². The number of anilines is 1. The lowest BCUT2D eigenvalue weighted by Gasteiger charge is -2.49. The van der Waals surface area contributed by atoms with Crippen LogP contribution in [0.3, 0.4) is 0 Å². The van der Waals surface area contributed by atoms with Gasteiger partial charge in [0.15, 0.2) is 0 Å². The molecule has 1 aliphatic carbocycles. The first-order valence-electron chi connectivity index (χ1n) is 10.8. The summed E-state index contributed by atoms with van der Waals surface area (Å²) in [5, 5.41) is 18.9. The largest absolute Gasteiger partial charge is 0.469 e. The predicted octanol–water partition coefficient (Wildman–Crippen LogP) is 2.66. The van der Waals surface area contributed by atoms with E-state index < -0.39 is 29.4 Å². The Kier molecular flexibility index (Phi) is 5.96. The number of hydrogen-bond donors (Lipinski definition) is 2. The minimum Gasteiger partial charge on any atom is -0.469 e. The van der Waals surface area contributed by atoms with Gasteiger partial charge in [-0.05, 0) is 54.7 Å². The molecule has 6 atom stereocenters. The number of azide groups is 1. The molecule has 1 aromatic rings. The Morgan fingerprint density at radius 3 is 2.94 bits per heavy atom. The van der Waals surface area contributed by atoms with E-state index >= 15 is 0 Å². The van der Waals surface area contributed by atoms with Crippen LogP contribution in [0.15, 0.2) is 29.4 Å². The zero-order valence-corrected chi connectivity index (χ0v) is 17.8. The zero-order valence-electron chi connectivity index (χ0n) is 17.8. The molecule has 1 saturated carbocycles. The molecule has 1 aromatic carbocycles. The predicted molar refractivity (Wildman–Crippen MR) is 115 cm³/mol. The molecule has 0 radical (unpaired) electrons. The highest BCUT2D eigenvalue weighted by molar-refractivity contribution is 6.07. The molecule has 2 aliphatic heterocycles. The standard InChI is InChI=1S/C22H26N6O4/c1-24-28-12-13-7-8-17(29)19(20(30)32-2)14(13)11-18(28)22(9-10-25-27-23)15-5-3-4-6-16(15)26-21(22)31/h3-6,13-14,17-19,29H,7-12H2,2H3,(H,26,31)/t13-,14-,17-,18-,19+,22-/m0/s1. The van der Waals surface area contributed by atoms with E-state index in [0.717, 1.165) is 5.56 Å². The van der Waals surface area contributed by atoms with E-state index in [9.17, 15) is 14.7 Å². The van der Waals surface area contributed by atoms with Crippen molar-refractivity contribution in [3.63, 3.8) is 0 Å². The topological polar surface area (TPSA) is 132 Å². The van der Waals surface area contributed by atoms with Crippen LogP contribution >= 0.6 is 0 Å². The number of para-hydroxylation sites is 1. The van der Waals surface area contributed by atoms with Crippen molar-refractivity contribution < 1.29 is 19.4 Å². The fourth-order valence-electron chi connectivity index (χ4n) is 6.06.